The van der Waals surface area contributed by atoms with Gasteiger partial charge < -0.3 is 14.0 Å². The van der Waals surface area contributed by atoms with Crippen LogP contribution in [0.2, 0.25) is 0 Å². The molecule has 1 saturated heterocycles. The summed E-state index contributed by atoms with van der Waals surface area (Å²) in [6.07, 6.45) is 0. The van der Waals surface area contributed by atoms with Crippen molar-refractivity contribution in [3.63, 3.8) is 0 Å². The fourth-order valence-corrected chi connectivity index (χ4v) is 3.41. The molecule has 0 radical (unpaired) electrons. The minimum absolute atomic E-state index is 0.0290. The van der Waals surface area contributed by atoms with Crippen LogP contribution < -0.4 is 10.2 Å². The van der Waals surface area contributed by atoms with E-state index in [0.717, 1.165) is 22.3 Å². The molecule has 134 valence electrons. The summed E-state index contributed by atoms with van der Waals surface area (Å²) in [5.74, 6) is 0.863. The predicted molar refractivity (Wildman–Crippen MR) is 96.8 cm³/mol. The number of aryl methyl sites for hydroxylation is 2. The average molecular weight is 354 g/mol. The number of hydrogen-bond donors (Lipinski definition) is 1. The van der Waals surface area contributed by atoms with Crippen molar-refractivity contribution < 1.29 is 22.5 Å². The lowest BCUT2D eigenvalue weighted by Gasteiger charge is -2.34. The molecule has 1 aliphatic heterocycles. The molecule has 0 N–H and O–H groups in total. The summed E-state index contributed by atoms with van der Waals surface area (Å²) in [5, 5.41) is 0. The first-order valence-corrected chi connectivity index (χ1v) is 9.63. The van der Waals surface area contributed by atoms with Crippen molar-refractivity contribution in [3.8, 4) is 5.75 Å². The second-order valence-electron chi connectivity index (χ2n) is 7.52. The maximum atomic E-state index is 10.7. The Kier molecular flexibility index (Phi) is 6.34. The third kappa shape index (κ3) is 5.23. The molecule has 1 aromatic carbocycles. The molecule has 1 aliphatic rings. The Bertz CT molecular complexity index is 615. The van der Waals surface area contributed by atoms with Crippen LogP contribution in [0.4, 0.5) is 0 Å². The fraction of sp³-hybridized carbons (Fsp3) is 0.647. The maximum absolute atomic E-state index is 10.7. The lowest BCUT2D eigenvalue weighted by Crippen LogP contribution is -2.49. The van der Waals surface area contributed by atoms with Crippen molar-refractivity contribution in [2.45, 2.75) is 34.6 Å². The van der Waals surface area contributed by atoms with Gasteiger partial charge in [0.15, 0.2) is 0 Å². The van der Waals surface area contributed by atoms with Crippen LogP contribution in [0.25, 0.3) is 0 Å². The van der Waals surface area contributed by atoms with E-state index in [4.69, 9.17) is 14.0 Å². The van der Waals surface area contributed by atoms with Crippen LogP contribution in [0.15, 0.2) is 12.1 Å². The molecule has 1 unspecified atom stereocenters. The number of hydrogen-bond acceptors (Lipinski definition) is 5. The second kappa shape index (κ2) is 7.89. The standard InChI is InChI=1S/C17H27BO5S/c1-12(9-24(19)20)8-21-15-6-13(2)16(14(3)7-15)18-22-10-17(4,5)11-23-18/h6-7,12,24H,8-11H2,1-5H3. The Balaban J connectivity index is 2.06. The normalized spacial score (nSPS) is 18.7. The molecule has 1 heterocycles. The third-order valence-corrected chi connectivity index (χ3v) is 4.97. The second-order valence-corrected chi connectivity index (χ2v) is 8.55. The van der Waals surface area contributed by atoms with E-state index in [1.807, 2.05) is 32.9 Å². The number of ether oxygens (including phenoxy) is 1. The molecule has 1 fully saturated rings. The summed E-state index contributed by atoms with van der Waals surface area (Å²) in [7, 11) is -2.71. The van der Waals surface area contributed by atoms with E-state index in [-0.39, 0.29) is 24.2 Å². The smallest absolute Gasteiger partial charge is 0.493 e. The van der Waals surface area contributed by atoms with Gasteiger partial charge in [-0.3, -0.25) is 0 Å². The van der Waals surface area contributed by atoms with Crippen molar-refractivity contribution in [1.29, 1.82) is 0 Å². The minimum atomic E-state index is -2.37. The van der Waals surface area contributed by atoms with Gasteiger partial charge in [0.1, 0.15) is 16.5 Å². The van der Waals surface area contributed by atoms with Gasteiger partial charge in [-0.1, -0.05) is 20.8 Å². The van der Waals surface area contributed by atoms with Crippen LogP contribution in [0, 0.1) is 25.2 Å². The largest absolute Gasteiger partial charge is 0.494 e. The number of benzene rings is 1. The first-order valence-electron chi connectivity index (χ1n) is 8.27. The van der Waals surface area contributed by atoms with Crippen molar-refractivity contribution in [1.82, 2.24) is 0 Å². The van der Waals surface area contributed by atoms with Crippen LogP contribution in [-0.2, 0) is 20.0 Å². The first-order chi connectivity index (χ1) is 11.2. The molecule has 0 aromatic heterocycles. The molecule has 0 aliphatic carbocycles. The molecule has 1 atom stereocenters. The van der Waals surface area contributed by atoms with E-state index in [9.17, 15) is 8.42 Å². The Labute approximate surface area is 146 Å². The Hall–Kier alpha value is -1.05. The quantitative estimate of drug-likeness (QED) is 0.622. The average Bonchev–Trinajstić information content (AvgIpc) is 2.45. The number of thiol groups is 1. The topological polar surface area (TPSA) is 61.8 Å². The zero-order valence-electron chi connectivity index (χ0n) is 15.1. The van der Waals surface area contributed by atoms with E-state index in [1.54, 1.807) is 0 Å². The Morgan fingerprint density at radius 1 is 1.21 bits per heavy atom. The monoisotopic (exact) mass is 354 g/mol. The van der Waals surface area contributed by atoms with E-state index < -0.39 is 10.7 Å². The lowest BCUT2D eigenvalue weighted by atomic mass is 9.71. The molecule has 0 amide bonds. The molecule has 2 rings (SSSR count). The SMILES string of the molecule is Cc1cc(OCC(C)C[SH](=O)=O)cc(C)c1B1OCC(C)(C)CO1. The summed E-state index contributed by atoms with van der Waals surface area (Å²) in [5.41, 5.74) is 3.20. The number of rotatable bonds is 6. The predicted octanol–water partition coefficient (Wildman–Crippen LogP) is 1.70. The van der Waals surface area contributed by atoms with Gasteiger partial charge in [0.25, 0.3) is 0 Å². The molecule has 0 spiro atoms. The Morgan fingerprint density at radius 3 is 2.25 bits per heavy atom. The Morgan fingerprint density at radius 2 is 1.75 bits per heavy atom. The molecule has 5 nitrogen and oxygen atoms in total. The van der Waals surface area contributed by atoms with Crippen LogP contribution in [0.1, 0.15) is 31.9 Å². The van der Waals surface area contributed by atoms with Gasteiger partial charge in [-0.2, -0.15) is 0 Å². The van der Waals surface area contributed by atoms with Gasteiger partial charge in [-0.15, -0.1) is 0 Å². The van der Waals surface area contributed by atoms with Crippen LogP contribution in [0.5, 0.6) is 5.75 Å². The van der Waals surface area contributed by atoms with Gasteiger partial charge in [-0.05, 0) is 42.6 Å². The highest BCUT2D eigenvalue weighted by molar-refractivity contribution is 7.72. The molecular formula is C17H27BO5S. The molecule has 24 heavy (non-hydrogen) atoms. The van der Waals surface area contributed by atoms with E-state index in [1.165, 1.54) is 0 Å². The molecule has 0 saturated carbocycles. The van der Waals surface area contributed by atoms with Crippen LogP contribution in [0.3, 0.4) is 0 Å². The molecule has 0 bridgehead atoms. The van der Waals surface area contributed by atoms with E-state index >= 15 is 0 Å². The highest BCUT2D eigenvalue weighted by atomic mass is 32.2. The van der Waals surface area contributed by atoms with Crippen molar-refractivity contribution in [2.75, 3.05) is 25.6 Å². The van der Waals surface area contributed by atoms with Gasteiger partial charge in [0.05, 0.1) is 12.4 Å². The summed E-state index contributed by atoms with van der Waals surface area (Å²) in [6, 6.07) is 3.91. The third-order valence-electron chi connectivity index (χ3n) is 4.05. The van der Waals surface area contributed by atoms with Crippen molar-refractivity contribution >= 4 is 23.3 Å². The minimum Gasteiger partial charge on any atom is -0.493 e. The zero-order valence-corrected chi connectivity index (χ0v) is 16.0. The molecular weight excluding hydrogens is 327 g/mol. The van der Waals surface area contributed by atoms with Crippen molar-refractivity contribution in [2.24, 2.45) is 11.3 Å². The van der Waals surface area contributed by atoms with Gasteiger partial charge >= 0.3 is 7.12 Å². The van der Waals surface area contributed by atoms with E-state index in [0.29, 0.717) is 19.8 Å². The fourth-order valence-electron chi connectivity index (χ4n) is 2.79. The maximum Gasteiger partial charge on any atom is 0.494 e. The highest BCUT2D eigenvalue weighted by Gasteiger charge is 2.35. The lowest BCUT2D eigenvalue weighted by molar-refractivity contribution is 0.0342. The van der Waals surface area contributed by atoms with Crippen LogP contribution in [-0.4, -0.2) is 41.1 Å². The summed E-state index contributed by atoms with van der Waals surface area (Å²) >= 11 is 0. The summed E-state index contributed by atoms with van der Waals surface area (Å²) in [6.45, 7) is 11.9. The molecule has 7 heteroatoms. The first kappa shape index (κ1) is 19.3. The van der Waals surface area contributed by atoms with E-state index in [2.05, 4.69) is 13.8 Å². The summed E-state index contributed by atoms with van der Waals surface area (Å²) in [4.78, 5) is 0. The van der Waals surface area contributed by atoms with Crippen LogP contribution >= 0.6 is 0 Å². The highest BCUT2D eigenvalue weighted by Crippen LogP contribution is 2.23. The van der Waals surface area contributed by atoms with Gasteiger partial charge in [0.2, 0.25) is 0 Å². The van der Waals surface area contributed by atoms with Gasteiger partial charge in [0, 0.05) is 24.5 Å². The summed E-state index contributed by atoms with van der Waals surface area (Å²) < 4.78 is 39.0. The molecule has 1 aromatic rings. The van der Waals surface area contributed by atoms with Crippen molar-refractivity contribution in [3.05, 3.63) is 23.3 Å². The van der Waals surface area contributed by atoms with Gasteiger partial charge in [-0.25, -0.2) is 8.42 Å². The zero-order chi connectivity index (χ0) is 17.9.